The Labute approximate surface area is 180 Å². The summed E-state index contributed by atoms with van der Waals surface area (Å²) in [6.45, 7) is 3.91. The maximum Gasteiger partial charge on any atom is 0.248 e. The molecule has 8 heteroatoms. The third-order valence-corrected chi connectivity index (χ3v) is 4.77. The number of rotatable bonds is 8. The van der Waals surface area contributed by atoms with Crippen molar-refractivity contribution < 1.29 is 14.3 Å². The Morgan fingerprint density at radius 3 is 2.61 bits per heavy atom. The Bertz CT molecular complexity index is 1080. The molecule has 0 unspecified atom stereocenters. The lowest BCUT2D eigenvalue weighted by Crippen LogP contribution is -2.08. The van der Waals surface area contributed by atoms with Crippen molar-refractivity contribution in [3.05, 3.63) is 54.1 Å². The fraction of sp³-hybridized carbons (Fsp3) is 0.304. The average Bonchev–Trinajstić information content (AvgIpc) is 3.49. The van der Waals surface area contributed by atoms with Gasteiger partial charge in [0, 0.05) is 17.3 Å². The van der Waals surface area contributed by atoms with Gasteiger partial charge in [-0.05, 0) is 85.2 Å². The van der Waals surface area contributed by atoms with Crippen LogP contribution in [0.2, 0.25) is 0 Å². The van der Waals surface area contributed by atoms with Gasteiger partial charge in [-0.1, -0.05) is 6.07 Å². The zero-order valence-electron chi connectivity index (χ0n) is 17.8. The van der Waals surface area contributed by atoms with Gasteiger partial charge in [-0.15, -0.1) is 5.10 Å². The van der Waals surface area contributed by atoms with Gasteiger partial charge in [-0.25, -0.2) is 4.68 Å². The second kappa shape index (κ2) is 8.99. The van der Waals surface area contributed by atoms with Gasteiger partial charge in [0.05, 0.1) is 19.3 Å². The maximum absolute atomic E-state index is 12.3. The number of nitrogens with zero attached hydrogens (tertiary/aromatic N) is 4. The van der Waals surface area contributed by atoms with Crippen molar-refractivity contribution in [2.45, 2.75) is 38.8 Å². The highest BCUT2D eigenvalue weighted by Gasteiger charge is 2.28. The Kier molecular flexibility index (Phi) is 5.97. The van der Waals surface area contributed by atoms with E-state index >= 15 is 0 Å². The number of ether oxygens (including phenoxy) is 2. The summed E-state index contributed by atoms with van der Waals surface area (Å²) in [4.78, 5) is 12.3. The van der Waals surface area contributed by atoms with Gasteiger partial charge >= 0.3 is 0 Å². The monoisotopic (exact) mass is 419 g/mol. The smallest absolute Gasteiger partial charge is 0.248 e. The fourth-order valence-corrected chi connectivity index (χ4v) is 3.15. The molecule has 1 saturated carbocycles. The van der Waals surface area contributed by atoms with E-state index in [2.05, 4.69) is 20.8 Å². The standard InChI is InChI=1S/C23H25N5O3/c1-15(2)31-20-12-4-16(14-21(20)30-3)5-13-22(29)24-18-8-6-17(7-9-18)23-25-26-27-28(23)19-10-11-19/h4-9,12-15,19H,10-11H2,1-3H3,(H,24,29)/b13-5+. The largest absolute Gasteiger partial charge is 0.493 e. The number of carbonyl (C=O) groups is 1. The molecule has 0 atom stereocenters. The van der Waals surface area contributed by atoms with Crippen LogP contribution in [0, 0.1) is 0 Å². The van der Waals surface area contributed by atoms with E-state index in [1.165, 1.54) is 6.08 Å². The molecule has 3 aromatic rings. The maximum atomic E-state index is 12.3. The first-order valence-corrected chi connectivity index (χ1v) is 10.3. The molecule has 160 valence electrons. The normalized spacial score (nSPS) is 13.5. The highest BCUT2D eigenvalue weighted by molar-refractivity contribution is 6.02. The molecule has 2 aromatic carbocycles. The minimum absolute atomic E-state index is 0.0498. The molecular weight excluding hydrogens is 394 g/mol. The minimum atomic E-state index is -0.225. The zero-order chi connectivity index (χ0) is 21.8. The van der Waals surface area contributed by atoms with Crippen molar-refractivity contribution in [3.63, 3.8) is 0 Å². The van der Waals surface area contributed by atoms with Gasteiger partial charge in [0.15, 0.2) is 17.3 Å². The van der Waals surface area contributed by atoms with E-state index < -0.39 is 0 Å². The SMILES string of the molecule is COc1cc(/C=C/C(=O)Nc2ccc(-c3nnnn3C3CC3)cc2)ccc1OC(C)C. The first kappa shape index (κ1) is 20.6. The van der Waals surface area contributed by atoms with E-state index in [0.29, 0.717) is 23.2 Å². The van der Waals surface area contributed by atoms with E-state index in [4.69, 9.17) is 9.47 Å². The summed E-state index contributed by atoms with van der Waals surface area (Å²) in [5, 5.41) is 14.8. The van der Waals surface area contributed by atoms with Crippen LogP contribution in [0.5, 0.6) is 11.5 Å². The molecule has 1 amide bonds. The van der Waals surface area contributed by atoms with Gasteiger partial charge in [-0.2, -0.15) is 0 Å². The molecule has 4 rings (SSSR count). The van der Waals surface area contributed by atoms with Crippen molar-refractivity contribution in [1.29, 1.82) is 0 Å². The Hall–Kier alpha value is -3.68. The van der Waals surface area contributed by atoms with Crippen LogP contribution in [-0.2, 0) is 4.79 Å². The third-order valence-electron chi connectivity index (χ3n) is 4.77. The number of hydrogen-bond donors (Lipinski definition) is 1. The molecule has 8 nitrogen and oxygen atoms in total. The molecular formula is C23H25N5O3. The number of carbonyl (C=O) groups excluding carboxylic acids is 1. The van der Waals surface area contributed by atoms with E-state index in [0.717, 1.165) is 29.8 Å². The number of methoxy groups -OCH3 is 1. The Morgan fingerprint density at radius 2 is 1.94 bits per heavy atom. The van der Waals surface area contributed by atoms with Crippen LogP contribution in [0.1, 0.15) is 38.3 Å². The number of anilines is 1. The quantitative estimate of drug-likeness (QED) is 0.552. The molecule has 0 radical (unpaired) electrons. The van der Waals surface area contributed by atoms with E-state index in [1.54, 1.807) is 13.2 Å². The molecule has 1 aromatic heterocycles. The molecule has 0 aliphatic heterocycles. The summed E-state index contributed by atoms with van der Waals surface area (Å²) in [5.74, 6) is 1.82. The number of hydrogen-bond acceptors (Lipinski definition) is 6. The number of amides is 1. The molecule has 0 saturated heterocycles. The number of benzene rings is 2. The van der Waals surface area contributed by atoms with Gasteiger partial charge < -0.3 is 14.8 Å². The van der Waals surface area contributed by atoms with Crippen LogP contribution in [0.15, 0.2) is 48.5 Å². The summed E-state index contributed by atoms with van der Waals surface area (Å²) in [6.07, 6.45) is 5.48. The second-order valence-electron chi connectivity index (χ2n) is 7.66. The lowest BCUT2D eigenvalue weighted by molar-refractivity contribution is -0.111. The van der Waals surface area contributed by atoms with Gasteiger partial charge in [0.2, 0.25) is 5.91 Å². The highest BCUT2D eigenvalue weighted by atomic mass is 16.5. The lowest BCUT2D eigenvalue weighted by atomic mass is 10.1. The molecule has 0 spiro atoms. The average molecular weight is 419 g/mol. The van der Waals surface area contributed by atoms with Gasteiger partial charge in [-0.3, -0.25) is 4.79 Å². The van der Waals surface area contributed by atoms with E-state index in [-0.39, 0.29) is 12.0 Å². The lowest BCUT2D eigenvalue weighted by Gasteiger charge is -2.13. The van der Waals surface area contributed by atoms with Crippen molar-refractivity contribution in [2.24, 2.45) is 0 Å². The third kappa shape index (κ3) is 5.09. The predicted octanol–water partition coefficient (Wildman–Crippen LogP) is 4.12. The van der Waals surface area contributed by atoms with Gasteiger partial charge in [0.1, 0.15) is 0 Å². The van der Waals surface area contributed by atoms with Crippen molar-refractivity contribution in [2.75, 3.05) is 12.4 Å². The summed E-state index contributed by atoms with van der Waals surface area (Å²) in [7, 11) is 1.59. The first-order chi connectivity index (χ1) is 15.0. The topological polar surface area (TPSA) is 91.2 Å². The second-order valence-corrected chi connectivity index (χ2v) is 7.66. The van der Waals surface area contributed by atoms with Crippen LogP contribution in [0.3, 0.4) is 0 Å². The van der Waals surface area contributed by atoms with Crippen LogP contribution in [0.25, 0.3) is 17.5 Å². The number of tetrazole rings is 1. The molecule has 1 fully saturated rings. The molecule has 31 heavy (non-hydrogen) atoms. The Morgan fingerprint density at radius 1 is 1.16 bits per heavy atom. The van der Waals surface area contributed by atoms with Gasteiger partial charge in [0.25, 0.3) is 0 Å². The van der Waals surface area contributed by atoms with E-state index in [1.807, 2.05) is 61.0 Å². The van der Waals surface area contributed by atoms with Crippen LogP contribution < -0.4 is 14.8 Å². The Balaban J connectivity index is 1.39. The predicted molar refractivity (Wildman–Crippen MR) is 118 cm³/mol. The highest BCUT2D eigenvalue weighted by Crippen LogP contribution is 2.36. The molecule has 1 N–H and O–H groups in total. The molecule has 1 heterocycles. The molecule has 1 aliphatic carbocycles. The number of aromatic nitrogens is 4. The van der Waals surface area contributed by atoms with Crippen LogP contribution in [0.4, 0.5) is 5.69 Å². The minimum Gasteiger partial charge on any atom is -0.493 e. The van der Waals surface area contributed by atoms with Crippen molar-refractivity contribution in [1.82, 2.24) is 20.2 Å². The van der Waals surface area contributed by atoms with Crippen LogP contribution >= 0.6 is 0 Å². The fourth-order valence-electron chi connectivity index (χ4n) is 3.15. The van der Waals surface area contributed by atoms with Crippen molar-refractivity contribution >= 4 is 17.7 Å². The van der Waals surface area contributed by atoms with E-state index in [9.17, 15) is 4.79 Å². The first-order valence-electron chi connectivity index (χ1n) is 10.3. The van der Waals surface area contributed by atoms with Crippen LogP contribution in [-0.4, -0.2) is 39.3 Å². The summed E-state index contributed by atoms with van der Waals surface area (Å²) >= 11 is 0. The van der Waals surface area contributed by atoms with Crippen molar-refractivity contribution in [3.8, 4) is 22.9 Å². The zero-order valence-corrected chi connectivity index (χ0v) is 17.8. The summed E-state index contributed by atoms with van der Waals surface area (Å²) in [5.41, 5.74) is 2.45. The molecule has 0 bridgehead atoms. The molecule has 1 aliphatic rings. The number of nitrogens with one attached hydrogen (secondary N) is 1. The summed E-state index contributed by atoms with van der Waals surface area (Å²) < 4.78 is 13.0. The summed E-state index contributed by atoms with van der Waals surface area (Å²) in [6, 6.07) is 13.4.